The van der Waals surface area contributed by atoms with Gasteiger partial charge in [-0.15, -0.1) is 11.3 Å². The molecule has 1 aliphatic rings. The van der Waals surface area contributed by atoms with Crippen molar-refractivity contribution in [1.82, 2.24) is 10.6 Å². The summed E-state index contributed by atoms with van der Waals surface area (Å²) in [7, 11) is 0. The second kappa shape index (κ2) is 5.48. The zero-order valence-corrected chi connectivity index (χ0v) is 12.3. The minimum absolute atomic E-state index is 0.221. The molecule has 4 nitrogen and oxygen atoms in total. The van der Waals surface area contributed by atoms with Gasteiger partial charge in [0.1, 0.15) is 5.70 Å². The zero-order valence-electron chi connectivity index (χ0n) is 10.7. The molecule has 3 rings (SSSR count). The summed E-state index contributed by atoms with van der Waals surface area (Å²) in [6, 6.07) is 13.5. The summed E-state index contributed by atoms with van der Waals surface area (Å²) >= 11 is 6.43. The van der Waals surface area contributed by atoms with Crippen molar-refractivity contribution in [3.05, 3.63) is 52.5 Å². The van der Waals surface area contributed by atoms with Crippen LogP contribution in [0.4, 0.5) is 0 Å². The average Bonchev–Trinajstić information content (AvgIpc) is 3.06. The Morgan fingerprint density at radius 1 is 1.24 bits per heavy atom. The third-order valence-corrected chi connectivity index (χ3v) is 4.19. The number of hydrogen-bond acceptors (Lipinski definition) is 4. The van der Waals surface area contributed by atoms with Gasteiger partial charge in [0.05, 0.1) is 11.6 Å². The van der Waals surface area contributed by atoms with Gasteiger partial charge in [0, 0.05) is 9.75 Å². The number of thiocarbonyl (C=S) groups is 1. The van der Waals surface area contributed by atoms with Crippen LogP contribution in [0.5, 0.6) is 0 Å². The molecule has 0 unspecified atom stereocenters. The van der Waals surface area contributed by atoms with Crippen LogP contribution in [0.1, 0.15) is 10.4 Å². The number of rotatable bonds is 2. The largest absolute Gasteiger partial charge is 0.328 e. The zero-order chi connectivity index (χ0) is 14.8. The van der Waals surface area contributed by atoms with E-state index >= 15 is 0 Å². The fourth-order valence-electron chi connectivity index (χ4n) is 1.95. The molecule has 2 aromatic rings. The van der Waals surface area contributed by atoms with Crippen molar-refractivity contribution in [3.63, 3.8) is 0 Å². The normalized spacial score (nSPS) is 15.7. The molecule has 1 aromatic heterocycles. The predicted octanol–water partition coefficient (Wildman–Crippen LogP) is 2.63. The molecule has 21 heavy (non-hydrogen) atoms. The van der Waals surface area contributed by atoms with Crippen molar-refractivity contribution in [2.75, 3.05) is 0 Å². The Bertz CT molecular complexity index is 814. The molecule has 1 aliphatic heterocycles. The van der Waals surface area contributed by atoms with Crippen molar-refractivity contribution >= 4 is 40.7 Å². The van der Waals surface area contributed by atoms with Crippen LogP contribution < -0.4 is 10.6 Å². The van der Waals surface area contributed by atoms with E-state index in [1.54, 1.807) is 23.5 Å². The Hall–Kier alpha value is -2.49. The summed E-state index contributed by atoms with van der Waals surface area (Å²) in [5, 5.41) is 14.6. The van der Waals surface area contributed by atoms with E-state index in [2.05, 4.69) is 16.7 Å². The van der Waals surface area contributed by atoms with Crippen LogP contribution in [0.25, 0.3) is 16.5 Å². The third kappa shape index (κ3) is 2.84. The molecular formula is C15H9N3OS2. The Kier molecular flexibility index (Phi) is 3.52. The van der Waals surface area contributed by atoms with Gasteiger partial charge in [-0.2, -0.15) is 5.26 Å². The molecule has 1 amide bonds. The van der Waals surface area contributed by atoms with Crippen molar-refractivity contribution in [2.24, 2.45) is 0 Å². The van der Waals surface area contributed by atoms with Crippen LogP contribution in [0.3, 0.4) is 0 Å². The van der Waals surface area contributed by atoms with Gasteiger partial charge < -0.3 is 5.32 Å². The molecule has 2 N–H and O–H groups in total. The summed E-state index contributed by atoms with van der Waals surface area (Å²) in [5.41, 5.74) is 2.06. The highest BCUT2D eigenvalue weighted by Gasteiger charge is 2.20. The van der Waals surface area contributed by atoms with E-state index in [1.807, 2.05) is 30.3 Å². The van der Waals surface area contributed by atoms with Gasteiger partial charge >= 0.3 is 0 Å². The molecule has 102 valence electrons. The smallest absolute Gasteiger partial charge is 0.273 e. The number of benzene rings is 1. The first-order valence-corrected chi connectivity index (χ1v) is 7.32. The predicted molar refractivity (Wildman–Crippen MR) is 86.3 cm³/mol. The number of amides is 1. The SMILES string of the molecule is N#Cc1cccc(-c2ccc(/C=C3\NC(=S)NC3=O)s2)c1. The molecule has 1 aromatic carbocycles. The molecule has 0 atom stereocenters. The Labute approximate surface area is 130 Å². The summed E-state index contributed by atoms with van der Waals surface area (Å²) < 4.78 is 0. The number of nitriles is 1. The quantitative estimate of drug-likeness (QED) is 0.661. The topological polar surface area (TPSA) is 64.9 Å². The monoisotopic (exact) mass is 311 g/mol. The molecule has 1 saturated heterocycles. The number of hydrogen-bond donors (Lipinski definition) is 2. The first-order chi connectivity index (χ1) is 10.2. The van der Waals surface area contributed by atoms with Crippen molar-refractivity contribution in [3.8, 4) is 16.5 Å². The highest BCUT2D eigenvalue weighted by molar-refractivity contribution is 7.80. The molecular weight excluding hydrogens is 302 g/mol. The fraction of sp³-hybridized carbons (Fsp3) is 0. The van der Waals surface area contributed by atoms with Gasteiger partial charge in [0.2, 0.25) is 0 Å². The van der Waals surface area contributed by atoms with E-state index in [0.29, 0.717) is 16.4 Å². The second-order valence-corrected chi connectivity index (χ2v) is 5.88. The molecule has 0 aliphatic carbocycles. The van der Waals surface area contributed by atoms with E-state index in [9.17, 15) is 4.79 Å². The molecule has 2 heterocycles. The summed E-state index contributed by atoms with van der Waals surface area (Å²) in [4.78, 5) is 13.6. The lowest BCUT2D eigenvalue weighted by Crippen LogP contribution is -2.21. The molecule has 6 heteroatoms. The summed E-state index contributed by atoms with van der Waals surface area (Å²) in [6.07, 6.45) is 1.76. The maximum atomic E-state index is 11.6. The highest BCUT2D eigenvalue weighted by atomic mass is 32.1. The maximum Gasteiger partial charge on any atom is 0.273 e. The van der Waals surface area contributed by atoms with Gasteiger partial charge in [-0.05, 0) is 48.1 Å². The van der Waals surface area contributed by atoms with Crippen LogP contribution >= 0.6 is 23.6 Å². The van der Waals surface area contributed by atoms with E-state index in [0.717, 1.165) is 15.3 Å². The van der Waals surface area contributed by atoms with E-state index in [-0.39, 0.29) is 5.91 Å². The van der Waals surface area contributed by atoms with E-state index < -0.39 is 0 Å². The summed E-state index contributed by atoms with van der Waals surface area (Å²) in [6.45, 7) is 0. The average molecular weight is 311 g/mol. The number of nitrogens with zero attached hydrogens (tertiary/aromatic N) is 1. The highest BCUT2D eigenvalue weighted by Crippen LogP contribution is 2.29. The number of carbonyl (C=O) groups excluding carboxylic acids is 1. The minimum atomic E-state index is -0.221. The van der Waals surface area contributed by atoms with Crippen molar-refractivity contribution in [2.45, 2.75) is 0 Å². The van der Waals surface area contributed by atoms with Crippen LogP contribution in [-0.2, 0) is 4.79 Å². The molecule has 1 fully saturated rings. The van der Waals surface area contributed by atoms with Gasteiger partial charge in [-0.25, -0.2) is 0 Å². The first kappa shape index (κ1) is 13.5. The van der Waals surface area contributed by atoms with E-state index in [1.165, 1.54) is 0 Å². The number of nitrogens with one attached hydrogen (secondary N) is 2. The lowest BCUT2D eigenvalue weighted by molar-refractivity contribution is -0.115. The number of thiophene rings is 1. The maximum absolute atomic E-state index is 11.6. The fourth-order valence-corrected chi connectivity index (χ4v) is 3.10. The van der Waals surface area contributed by atoms with Gasteiger partial charge in [0.25, 0.3) is 5.91 Å². The summed E-state index contributed by atoms with van der Waals surface area (Å²) in [5.74, 6) is -0.221. The van der Waals surface area contributed by atoms with Crippen molar-refractivity contribution < 1.29 is 4.79 Å². The Balaban J connectivity index is 1.90. The molecule has 0 saturated carbocycles. The van der Waals surface area contributed by atoms with Gasteiger partial charge in [-0.1, -0.05) is 12.1 Å². The molecule has 0 bridgehead atoms. The van der Waals surface area contributed by atoms with Crippen LogP contribution in [0.2, 0.25) is 0 Å². The Morgan fingerprint density at radius 2 is 2.10 bits per heavy atom. The van der Waals surface area contributed by atoms with Crippen LogP contribution in [0, 0.1) is 11.3 Å². The van der Waals surface area contributed by atoms with Crippen LogP contribution in [0.15, 0.2) is 42.1 Å². The minimum Gasteiger partial charge on any atom is -0.328 e. The number of carbonyl (C=O) groups is 1. The standard InChI is InChI=1S/C15H9N3OS2/c16-8-9-2-1-3-10(6-9)13-5-4-11(21-13)7-12-14(19)18-15(20)17-12/h1-7H,(H2,17,18,19,20)/b12-7-. The van der Waals surface area contributed by atoms with Crippen LogP contribution in [-0.4, -0.2) is 11.0 Å². The van der Waals surface area contributed by atoms with Crippen molar-refractivity contribution in [1.29, 1.82) is 5.26 Å². The lowest BCUT2D eigenvalue weighted by atomic mass is 10.1. The lowest BCUT2D eigenvalue weighted by Gasteiger charge is -1.97. The third-order valence-electron chi connectivity index (χ3n) is 2.91. The Morgan fingerprint density at radius 3 is 2.81 bits per heavy atom. The van der Waals surface area contributed by atoms with Gasteiger partial charge in [-0.3, -0.25) is 10.1 Å². The molecule has 0 radical (unpaired) electrons. The second-order valence-electron chi connectivity index (χ2n) is 4.36. The van der Waals surface area contributed by atoms with Gasteiger partial charge in [0.15, 0.2) is 5.11 Å². The molecule has 0 spiro atoms. The van der Waals surface area contributed by atoms with E-state index in [4.69, 9.17) is 17.5 Å². The first-order valence-electron chi connectivity index (χ1n) is 6.10.